The highest BCUT2D eigenvalue weighted by Gasteiger charge is 2.23. The standard InChI is InChI=1S/C16H25ClN2.ClH/c1-3-18-12-14-7-9-19(10-8-14)13(2)15-5-4-6-16(17)11-15;/h4-6,11,13-14,18H,3,7-10,12H2,1-2H3;1H. The van der Waals surface area contributed by atoms with Crippen molar-refractivity contribution in [2.24, 2.45) is 5.92 Å². The minimum absolute atomic E-state index is 0. The lowest BCUT2D eigenvalue weighted by Crippen LogP contribution is -2.38. The zero-order valence-electron chi connectivity index (χ0n) is 12.4. The molecule has 0 spiro atoms. The molecule has 1 heterocycles. The second kappa shape index (κ2) is 8.89. The summed E-state index contributed by atoms with van der Waals surface area (Å²) in [6.45, 7) is 9.12. The maximum absolute atomic E-state index is 6.08. The van der Waals surface area contributed by atoms with Crippen LogP contribution in [0.1, 0.15) is 38.3 Å². The molecular weight excluding hydrogens is 291 g/mol. The smallest absolute Gasteiger partial charge is 0.0409 e. The fourth-order valence-electron chi connectivity index (χ4n) is 2.87. The molecular formula is C16H26Cl2N2. The second-order valence-electron chi connectivity index (χ2n) is 5.52. The van der Waals surface area contributed by atoms with Gasteiger partial charge < -0.3 is 5.32 Å². The lowest BCUT2D eigenvalue weighted by molar-refractivity contribution is 0.140. The van der Waals surface area contributed by atoms with Crippen molar-refractivity contribution in [2.45, 2.75) is 32.7 Å². The van der Waals surface area contributed by atoms with Gasteiger partial charge in [-0.2, -0.15) is 0 Å². The van der Waals surface area contributed by atoms with Crippen molar-refractivity contribution < 1.29 is 0 Å². The molecule has 114 valence electrons. The number of rotatable bonds is 5. The molecule has 0 aromatic heterocycles. The number of hydrogen-bond acceptors (Lipinski definition) is 2. The summed E-state index contributed by atoms with van der Waals surface area (Å²) < 4.78 is 0. The van der Waals surface area contributed by atoms with Crippen molar-refractivity contribution in [1.82, 2.24) is 10.2 Å². The topological polar surface area (TPSA) is 15.3 Å². The number of nitrogens with zero attached hydrogens (tertiary/aromatic N) is 1. The summed E-state index contributed by atoms with van der Waals surface area (Å²) >= 11 is 6.08. The van der Waals surface area contributed by atoms with Crippen molar-refractivity contribution in [3.05, 3.63) is 34.9 Å². The van der Waals surface area contributed by atoms with Crippen molar-refractivity contribution >= 4 is 24.0 Å². The first-order valence-electron chi connectivity index (χ1n) is 7.41. The Kier molecular flexibility index (Phi) is 7.90. The molecule has 2 nitrogen and oxygen atoms in total. The third-order valence-corrected chi connectivity index (χ3v) is 4.45. The fourth-order valence-corrected chi connectivity index (χ4v) is 3.07. The Bertz CT molecular complexity index is 390. The molecule has 1 aliphatic rings. The monoisotopic (exact) mass is 316 g/mol. The van der Waals surface area contributed by atoms with Crippen LogP contribution in [-0.4, -0.2) is 31.1 Å². The van der Waals surface area contributed by atoms with Gasteiger partial charge in [0.2, 0.25) is 0 Å². The Labute approximate surface area is 134 Å². The zero-order chi connectivity index (χ0) is 13.7. The zero-order valence-corrected chi connectivity index (χ0v) is 14.0. The van der Waals surface area contributed by atoms with Crippen LogP contribution in [0.2, 0.25) is 5.02 Å². The van der Waals surface area contributed by atoms with Crippen molar-refractivity contribution in [2.75, 3.05) is 26.2 Å². The van der Waals surface area contributed by atoms with E-state index in [0.29, 0.717) is 6.04 Å². The van der Waals surface area contributed by atoms with E-state index >= 15 is 0 Å². The van der Waals surface area contributed by atoms with Gasteiger partial charge >= 0.3 is 0 Å². The average Bonchev–Trinajstić information content (AvgIpc) is 2.45. The van der Waals surface area contributed by atoms with E-state index < -0.39 is 0 Å². The van der Waals surface area contributed by atoms with Crippen LogP contribution in [0.4, 0.5) is 0 Å². The van der Waals surface area contributed by atoms with E-state index in [1.807, 2.05) is 12.1 Å². The largest absolute Gasteiger partial charge is 0.317 e. The molecule has 4 heteroatoms. The van der Waals surface area contributed by atoms with Gasteiger partial charge in [0.15, 0.2) is 0 Å². The number of likely N-dealkylation sites (tertiary alicyclic amines) is 1. The molecule has 0 bridgehead atoms. The summed E-state index contributed by atoms with van der Waals surface area (Å²) in [5.41, 5.74) is 1.33. The van der Waals surface area contributed by atoms with E-state index in [9.17, 15) is 0 Å². The van der Waals surface area contributed by atoms with Gasteiger partial charge in [-0.1, -0.05) is 30.7 Å². The molecule has 1 unspecified atom stereocenters. The first-order chi connectivity index (χ1) is 9.20. The Morgan fingerprint density at radius 1 is 1.35 bits per heavy atom. The van der Waals surface area contributed by atoms with Gasteiger partial charge in [0.05, 0.1) is 0 Å². The first-order valence-corrected chi connectivity index (χ1v) is 7.78. The highest BCUT2D eigenvalue weighted by atomic mass is 35.5. The molecule has 1 saturated heterocycles. The minimum Gasteiger partial charge on any atom is -0.317 e. The molecule has 2 rings (SSSR count). The van der Waals surface area contributed by atoms with Gasteiger partial charge in [0, 0.05) is 11.1 Å². The number of hydrogen-bond donors (Lipinski definition) is 1. The van der Waals surface area contributed by atoms with Gasteiger partial charge in [-0.25, -0.2) is 0 Å². The van der Waals surface area contributed by atoms with Crippen LogP contribution in [0.5, 0.6) is 0 Å². The maximum Gasteiger partial charge on any atom is 0.0409 e. The quantitative estimate of drug-likeness (QED) is 0.878. The van der Waals surface area contributed by atoms with Crippen molar-refractivity contribution in [3.63, 3.8) is 0 Å². The van der Waals surface area contributed by atoms with Gasteiger partial charge in [-0.05, 0) is 69.6 Å². The third kappa shape index (κ3) is 4.92. The maximum atomic E-state index is 6.08. The Morgan fingerprint density at radius 2 is 2.05 bits per heavy atom. The van der Waals surface area contributed by atoms with E-state index in [4.69, 9.17) is 11.6 Å². The summed E-state index contributed by atoms with van der Waals surface area (Å²) in [4.78, 5) is 2.58. The molecule has 1 atom stereocenters. The fraction of sp³-hybridized carbons (Fsp3) is 0.625. The van der Waals surface area contributed by atoms with Crippen molar-refractivity contribution in [3.8, 4) is 0 Å². The van der Waals surface area contributed by atoms with E-state index in [1.165, 1.54) is 38.0 Å². The number of piperidine rings is 1. The lowest BCUT2D eigenvalue weighted by atomic mass is 9.94. The number of benzene rings is 1. The van der Waals surface area contributed by atoms with Gasteiger partial charge in [0.25, 0.3) is 0 Å². The van der Waals surface area contributed by atoms with Crippen LogP contribution in [0.3, 0.4) is 0 Å². The van der Waals surface area contributed by atoms with Crippen LogP contribution in [0.25, 0.3) is 0 Å². The highest BCUT2D eigenvalue weighted by molar-refractivity contribution is 6.30. The molecule has 0 aliphatic carbocycles. The molecule has 0 radical (unpaired) electrons. The molecule has 20 heavy (non-hydrogen) atoms. The summed E-state index contributed by atoms with van der Waals surface area (Å²) in [7, 11) is 0. The highest BCUT2D eigenvalue weighted by Crippen LogP contribution is 2.27. The van der Waals surface area contributed by atoms with Crippen LogP contribution < -0.4 is 5.32 Å². The first kappa shape index (κ1) is 17.8. The predicted octanol–water partition coefficient (Wildman–Crippen LogP) is 4.14. The molecule has 1 aromatic carbocycles. The SMILES string of the molecule is CCNCC1CCN(C(C)c2cccc(Cl)c2)CC1.Cl. The molecule has 1 aromatic rings. The minimum atomic E-state index is 0. The van der Waals surface area contributed by atoms with E-state index in [2.05, 4.69) is 36.2 Å². The van der Waals surface area contributed by atoms with E-state index in [1.54, 1.807) is 0 Å². The average molecular weight is 317 g/mol. The lowest BCUT2D eigenvalue weighted by Gasteiger charge is -2.36. The van der Waals surface area contributed by atoms with Gasteiger partial charge in [-0.3, -0.25) is 4.90 Å². The number of halogens is 2. The normalized spacial score (nSPS) is 18.6. The summed E-state index contributed by atoms with van der Waals surface area (Å²) in [5.74, 6) is 0.850. The van der Waals surface area contributed by atoms with Crippen LogP contribution >= 0.6 is 24.0 Å². The summed E-state index contributed by atoms with van der Waals surface area (Å²) in [6, 6.07) is 8.74. The van der Waals surface area contributed by atoms with E-state index in [0.717, 1.165) is 17.5 Å². The van der Waals surface area contributed by atoms with Gasteiger partial charge in [0.1, 0.15) is 0 Å². The van der Waals surface area contributed by atoms with Crippen molar-refractivity contribution in [1.29, 1.82) is 0 Å². The Morgan fingerprint density at radius 3 is 2.65 bits per heavy atom. The summed E-state index contributed by atoms with van der Waals surface area (Å²) in [6.07, 6.45) is 2.61. The molecule has 1 aliphatic heterocycles. The van der Waals surface area contributed by atoms with Crippen LogP contribution in [0, 0.1) is 5.92 Å². The Hall–Kier alpha value is -0.280. The molecule has 0 amide bonds. The van der Waals surface area contributed by atoms with Gasteiger partial charge in [-0.15, -0.1) is 12.4 Å². The second-order valence-corrected chi connectivity index (χ2v) is 5.95. The van der Waals surface area contributed by atoms with Crippen LogP contribution in [-0.2, 0) is 0 Å². The van der Waals surface area contributed by atoms with Crippen LogP contribution in [0.15, 0.2) is 24.3 Å². The molecule has 1 N–H and O–H groups in total. The molecule has 1 fully saturated rings. The third-order valence-electron chi connectivity index (χ3n) is 4.21. The molecule has 0 saturated carbocycles. The summed E-state index contributed by atoms with van der Waals surface area (Å²) in [5, 5.41) is 4.30. The Balaban J connectivity index is 0.00000200. The predicted molar refractivity (Wildman–Crippen MR) is 90.0 cm³/mol. The number of nitrogens with one attached hydrogen (secondary N) is 1. The van der Waals surface area contributed by atoms with E-state index in [-0.39, 0.29) is 12.4 Å².